The van der Waals surface area contributed by atoms with Crippen LogP contribution in [0.25, 0.3) is 22.1 Å². The lowest BCUT2D eigenvalue weighted by molar-refractivity contribution is 0.330. The summed E-state index contributed by atoms with van der Waals surface area (Å²) in [5, 5.41) is 1.26. The molecule has 410 valence electrons. The van der Waals surface area contributed by atoms with Gasteiger partial charge in [0.2, 0.25) is 5.88 Å². The fraction of sp³-hybridized carbons (Fsp3) is 0.493. The summed E-state index contributed by atoms with van der Waals surface area (Å²) < 4.78 is 7.83. The fourth-order valence-electron chi connectivity index (χ4n) is 16.5. The second-order valence-corrected chi connectivity index (χ2v) is 32.4. The number of rotatable bonds is 3. The summed E-state index contributed by atoms with van der Waals surface area (Å²) in [6, 6.07) is 37.4. The zero-order valence-corrected chi connectivity index (χ0v) is 52.2. The van der Waals surface area contributed by atoms with Crippen molar-refractivity contribution in [2.24, 2.45) is 0 Å². The summed E-state index contributed by atoms with van der Waals surface area (Å²) in [4.78, 5) is 5.45. The molecule has 0 saturated carbocycles. The minimum absolute atomic E-state index is 0.00313. The molecule has 2 aliphatic heterocycles. The molecule has 0 atom stereocenters. The second kappa shape index (κ2) is 16.4. The molecule has 0 fully saturated rings. The van der Waals surface area contributed by atoms with Crippen molar-refractivity contribution in [2.75, 3.05) is 9.80 Å². The van der Waals surface area contributed by atoms with Crippen molar-refractivity contribution in [3.05, 3.63) is 147 Å². The highest BCUT2D eigenvalue weighted by molar-refractivity contribution is 7.01. The van der Waals surface area contributed by atoms with E-state index in [1.54, 1.807) is 0 Å². The Morgan fingerprint density at radius 1 is 0.443 bits per heavy atom. The van der Waals surface area contributed by atoms with Crippen LogP contribution in [0.15, 0.2) is 95.4 Å². The van der Waals surface area contributed by atoms with Gasteiger partial charge in [0.05, 0.1) is 5.69 Å². The molecular formula is C75H91BN2O. The summed E-state index contributed by atoms with van der Waals surface area (Å²) in [6.45, 7) is 49.5. The number of hydrogen-bond acceptors (Lipinski definition) is 3. The minimum Gasteiger partial charge on any atom is -0.440 e. The molecule has 0 saturated heterocycles. The Kier molecular flexibility index (Phi) is 11.0. The SMILES string of the molecule is Cc1c(N2c3cc4c(cc3B3c5c(cc(C(C)(C)C)cc52)N(c2ccc5c(c2)C(C)(C)CCC5(C)C)c2oc5cc6c(cc5c23)C(C)(C)CCC6(C)C)C(C)(C)CCC4(C)C)c(-c2ccccc2)cc2c1C(C)(C)CCC2(C)C. The van der Waals surface area contributed by atoms with E-state index in [4.69, 9.17) is 4.42 Å². The quantitative estimate of drug-likeness (QED) is 0.164. The van der Waals surface area contributed by atoms with Crippen molar-refractivity contribution in [1.82, 2.24) is 0 Å². The fourth-order valence-corrected chi connectivity index (χ4v) is 16.5. The Labute approximate surface area is 476 Å². The molecule has 4 heteroatoms. The van der Waals surface area contributed by atoms with Gasteiger partial charge in [0.1, 0.15) is 5.58 Å². The van der Waals surface area contributed by atoms with Gasteiger partial charge in [-0.15, -0.1) is 0 Å². The topological polar surface area (TPSA) is 19.6 Å². The molecule has 0 N–H and O–H groups in total. The molecule has 3 heterocycles. The van der Waals surface area contributed by atoms with Gasteiger partial charge in [-0.2, -0.15) is 0 Å². The molecule has 13 rings (SSSR count). The third kappa shape index (κ3) is 7.62. The molecule has 0 bridgehead atoms. The Morgan fingerprint density at radius 3 is 1.49 bits per heavy atom. The molecule has 0 radical (unpaired) electrons. The van der Waals surface area contributed by atoms with E-state index in [-0.39, 0.29) is 55.4 Å². The highest BCUT2D eigenvalue weighted by Gasteiger charge is 2.52. The number of fused-ring (bicyclic) bond motifs is 10. The summed E-state index contributed by atoms with van der Waals surface area (Å²) in [7, 11) is 0. The van der Waals surface area contributed by atoms with Crippen molar-refractivity contribution in [2.45, 2.75) is 239 Å². The van der Waals surface area contributed by atoms with E-state index in [0.717, 1.165) is 50.0 Å². The summed E-state index contributed by atoms with van der Waals surface area (Å²) in [5.41, 5.74) is 28.7. The smallest absolute Gasteiger partial charge is 0.257 e. The van der Waals surface area contributed by atoms with Gasteiger partial charge >= 0.3 is 0 Å². The van der Waals surface area contributed by atoms with Crippen molar-refractivity contribution in [1.29, 1.82) is 0 Å². The zero-order valence-electron chi connectivity index (χ0n) is 52.2. The van der Waals surface area contributed by atoms with Crippen molar-refractivity contribution >= 4 is 68.4 Å². The van der Waals surface area contributed by atoms with Gasteiger partial charge in [0, 0.05) is 39.2 Å². The third-order valence-corrected chi connectivity index (χ3v) is 22.2. The average molecular weight is 1050 g/mol. The van der Waals surface area contributed by atoms with Crippen LogP contribution in [0.4, 0.5) is 34.3 Å². The van der Waals surface area contributed by atoms with Gasteiger partial charge in [-0.05, 0) is 228 Å². The first-order valence-electron chi connectivity index (χ1n) is 30.6. The van der Waals surface area contributed by atoms with E-state index in [1.165, 1.54) is 130 Å². The molecule has 0 amide bonds. The second-order valence-electron chi connectivity index (χ2n) is 32.4. The molecule has 1 aromatic heterocycles. The van der Waals surface area contributed by atoms with Crippen molar-refractivity contribution in [3.63, 3.8) is 0 Å². The first-order valence-corrected chi connectivity index (χ1v) is 30.6. The summed E-state index contributed by atoms with van der Waals surface area (Å²) >= 11 is 0. The molecule has 0 unspecified atom stereocenters. The largest absolute Gasteiger partial charge is 0.440 e. The predicted octanol–water partition coefficient (Wildman–Crippen LogP) is 19.2. The number of nitrogens with zero attached hydrogens (tertiary/aromatic N) is 2. The van der Waals surface area contributed by atoms with Crippen LogP contribution >= 0.6 is 0 Å². The molecule has 7 aromatic rings. The lowest BCUT2D eigenvalue weighted by Crippen LogP contribution is -2.61. The van der Waals surface area contributed by atoms with Gasteiger partial charge in [-0.1, -0.05) is 174 Å². The van der Waals surface area contributed by atoms with E-state index < -0.39 is 0 Å². The average Bonchev–Trinajstić information content (AvgIpc) is 2.82. The summed E-state index contributed by atoms with van der Waals surface area (Å²) in [6.07, 6.45) is 9.27. The van der Waals surface area contributed by atoms with Crippen LogP contribution in [0, 0.1) is 6.92 Å². The minimum atomic E-state index is -0.175. The van der Waals surface area contributed by atoms with Crippen LogP contribution in [0.2, 0.25) is 0 Å². The van der Waals surface area contributed by atoms with E-state index in [2.05, 4.69) is 239 Å². The van der Waals surface area contributed by atoms with Crippen LogP contribution in [0.3, 0.4) is 0 Å². The standard InChI is InChI=1S/C75H91BN2O/c1-44-62-56(74(17,18)34-35-75(62,19)20)39-48(45-24-22-21-23-25-45)65(44)78-58-42-54-53(71(11,12)31-32-72(54,13)14)41-57(58)76-63-49-40-52-55(73(15,16)33-30-70(52,9)10)43-61(49)79-66(63)77(59-36-46(67(2,3)4)37-60(78)64(59)76)47-26-27-50-51(38-47)69(7,8)29-28-68(50,5)6/h21-27,36-43H,28-35H2,1-20H3. The number of benzene rings is 6. The van der Waals surface area contributed by atoms with Gasteiger partial charge in [0.25, 0.3) is 6.71 Å². The van der Waals surface area contributed by atoms with E-state index >= 15 is 0 Å². The van der Waals surface area contributed by atoms with Crippen LogP contribution in [0.1, 0.15) is 239 Å². The molecule has 6 aliphatic rings. The maximum absolute atomic E-state index is 7.83. The Morgan fingerprint density at radius 2 is 0.924 bits per heavy atom. The van der Waals surface area contributed by atoms with Crippen molar-refractivity contribution < 1.29 is 4.42 Å². The third-order valence-electron chi connectivity index (χ3n) is 22.2. The number of furan rings is 1. The van der Waals surface area contributed by atoms with Crippen LogP contribution in [-0.2, 0) is 48.7 Å². The van der Waals surface area contributed by atoms with Gasteiger partial charge in [0.15, 0.2) is 0 Å². The van der Waals surface area contributed by atoms with Gasteiger partial charge in [-0.25, -0.2) is 0 Å². The zero-order chi connectivity index (χ0) is 56.5. The highest BCUT2D eigenvalue weighted by atomic mass is 16.4. The van der Waals surface area contributed by atoms with E-state index in [9.17, 15) is 0 Å². The molecule has 3 nitrogen and oxygen atoms in total. The molecule has 4 aliphatic carbocycles. The maximum atomic E-state index is 7.83. The Hall–Kier alpha value is -5.48. The first kappa shape index (κ1) is 52.9. The van der Waals surface area contributed by atoms with E-state index in [0.29, 0.717) is 0 Å². The Balaban J connectivity index is 1.24. The molecule has 6 aromatic carbocycles. The lowest BCUT2D eigenvalue weighted by Gasteiger charge is -2.49. The first-order chi connectivity index (χ1) is 36.7. The van der Waals surface area contributed by atoms with Crippen LogP contribution < -0.4 is 26.2 Å². The monoisotopic (exact) mass is 1050 g/mol. The molecule has 79 heavy (non-hydrogen) atoms. The molecule has 0 spiro atoms. The van der Waals surface area contributed by atoms with Crippen molar-refractivity contribution in [3.8, 4) is 11.1 Å². The van der Waals surface area contributed by atoms with Gasteiger partial charge in [-0.3, -0.25) is 4.90 Å². The lowest BCUT2D eigenvalue weighted by atomic mass is 9.33. The normalized spacial score (nSPS) is 21.7. The maximum Gasteiger partial charge on any atom is 0.257 e. The Bertz CT molecular complexity index is 3750. The number of anilines is 6. The van der Waals surface area contributed by atoms with E-state index in [1.807, 2.05) is 0 Å². The highest BCUT2D eigenvalue weighted by Crippen LogP contribution is 2.58. The predicted molar refractivity (Wildman–Crippen MR) is 340 cm³/mol. The number of hydrogen-bond donors (Lipinski definition) is 0. The van der Waals surface area contributed by atoms with Crippen LogP contribution in [0.5, 0.6) is 0 Å². The van der Waals surface area contributed by atoms with Gasteiger partial charge < -0.3 is 9.32 Å². The summed E-state index contributed by atoms with van der Waals surface area (Å²) in [5.74, 6) is 0.978. The van der Waals surface area contributed by atoms with Crippen LogP contribution in [-0.4, -0.2) is 6.71 Å². The molecular weight excluding hydrogens is 956 g/mol.